The van der Waals surface area contributed by atoms with Crippen LogP contribution in [-0.4, -0.2) is 26.3 Å². The monoisotopic (exact) mass is 429 g/mol. The molecule has 134 valence electrons. The Balaban J connectivity index is 1.96. The third-order valence-electron chi connectivity index (χ3n) is 4.68. The second-order valence-corrected chi connectivity index (χ2v) is 9.49. The van der Waals surface area contributed by atoms with Crippen molar-refractivity contribution in [3.63, 3.8) is 0 Å². The van der Waals surface area contributed by atoms with Crippen LogP contribution in [0.2, 0.25) is 0 Å². The van der Waals surface area contributed by atoms with Crippen LogP contribution in [0.1, 0.15) is 23.3 Å². The summed E-state index contributed by atoms with van der Waals surface area (Å²) in [6, 6.07) is 10.7. The van der Waals surface area contributed by atoms with Gasteiger partial charge in [-0.1, -0.05) is 30.3 Å². The maximum absolute atomic E-state index is 14.2. The van der Waals surface area contributed by atoms with Crippen LogP contribution in [0.5, 0.6) is 0 Å². The first-order valence-corrected chi connectivity index (χ1v) is 10.4. The largest absolute Gasteiger partial charge is 0.311 e. The first kappa shape index (κ1) is 18.5. The number of nitrogens with one attached hydrogen (secondary N) is 1. The predicted octanol–water partition coefficient (Wildman–Crippen LogP) is 3.79. The van der Waals surface area contributed by atoms with Crippen molar-refractivity contribution in [3.8, 4) is 0 Å². The van der Waals surface area contributed by atoms with Gasteiger partial charge in [0.1, 0.15) is 11.6 Å². The summed E-state index contributed by atoms with van der Waals surface area (Å²) in [5.74, 6) is -1.22. The molecular weight excluding hydrogens is 412 g/mol. The Morgan fingerprint density at radius 1 is 1.16 bits per heavy atom. The van der Waals surface area contributed by atoms with Gasteiger partial charge in [0.05, 0.1) is 15.0 Å². The van der Waals surface area contributed by atoms with Gasteiger partial charge < -0.3 is 5.32 Å². The molecule has 0 aliphatic carbocycles. The van der Waals surface area contributed by atoms with Crippen LogP contribution in [0.15, 0.2) is 46.9 Å². The van der Waals surface area contributed by atoms with Crippen LogP contribution in [0.25, 0.3) is 0 Å². The Bertz CT molecular complexity index is 874. The van der Waals surface area contributed by atoms with E-state index in [0.29, 0.717) is 12.1 Å². The molecule has 7 heteroatoms. The van der Waals surface area contributed by atoms with E-state index in [1.54, 1.807) is 31.2 Å². The quantitative estimate of drug-likeness (QED) is 0.754. The van der Waals surface area contributed by atoms with Crippen LogP contribution in [0, 0.1) is 11.6 Å². The molecule has 0 spiro atoms. The highest BCUT2D eigenvalue weighted by atomic mass is 79.9. The van der Waals surface area contributed by atoms with Crippen LogP contribution in [0.3, 0.4) is 0 Å². The van der Waals surface area contributed by atoms with Gasteiger partial charge in [-0.05, 0) is 52.5 Å². The Morgan fingerprint density at radius 2 is 1.84 bits per heavy atom. The van der Waals surface area contributed by atoms with Crippen LogP contribution in [-0.2, 0) is 16.3 Å². The van der Waals surface area contributed by atoms with Crippen molar-refractivity contribution in [2.75, 3.05) is 6.54 Å². The molecule has 1 heterocycles. The topological polar surface area (TPSA) is 46.2 Å². The molecule has 0 radical (unpaired) electrons. The summed E-state index contributed by atoms with van der Waals surface area (Å²) in [5.41, 5.74) is 0.769. The molecular formula is C18H18BrF2NO2S. The summed E-state index contributed by atoms with van der Waals surface area (Å²) in [7, 11) is -3.57. The number of hydrogen-bond donors (Lipinski definition) is 1. The SMILES string of the molecule is C[C@H]1NC[C@@H](c2ccccc2)S(=O)(=O)[C@@H]1Cc1cc(F)c(Br)cc1F. The van der Waals surface area contributed by atoms with Crippen LogP contribution >= 0.6 is 15.9 Å². The molecule has 0 unspecified atom stereocenters. The lowest BCUT2D eigenvalue weighted by molar-refractivity contribution is 0.446. The molecule has 2 aromatic rings. The van der Waals surface area contributed by atoms with E-state index in [9.17, 15) is 17.2 Å². The van der Waals surface area contributed by atoms with E-state index in [2.05, 4.69) is 21.2 Å². The van der Waals surface area contributed by atoms with E-state index in [4.69, 9.17) is 0 Å². The van der Waals surface area contributed by atoms with E-state index in [-0.39, 0.29) is 22.5 Å². The summed E-state index contributed by atoms with van der Waals surface area (Å²) >= 11 is 2.93. The molecule has 3 nitrogen and oxygen atoms in total. The van der Waals surface area contributed by atoms with Crippen molar-refractivity contribution in [1.29, 1.82) is 0 Å². The molecule has 1 fully saturated rings. The molecule has 1 N–H and O–H groups in total. The molecule has 3 rings (SSSR count). The maximum atomic E-state index is 14.2. The minimum atomic E-state index is -3.57. The number of hydrogen-bond acceptors (Lipinski definition) is 3. The molecule has 0 bridgehead atoms. The van der Waals surface area contributed by atoms with Crippen molar-refractivity contribution in [1.82, 2.24) is 5.32 Å². The average molecular weight is 430 g/mol. The van der Waals surface area contributed by atoms with E-state index in [1.165, 1.54) is 0 Å². The van der Waals surface area contributed by atoms with Gasteiger partial charge in [-0.2, -0.15) is 0 Å². The van der Waals surface area contributed by atoms with Crippen molar-refractivity contribution in [2.24, 2.45) is 0 Å². The summed E-state index contributed by atoms with van der Waals surface area (Å²) < 4.78 is 54.2. The summed E-state index contributed by atoms with van der Waals surface area (Å²) in [6.07, 6.45) is -0.0735. The molecule has 0 amide bonds. The van der Waals surface area contributed by atoms with E-state index >= 15 is 0 Å². The first-order chi connectivity index (χ1) is 11.8. The van der Waals surface area contributed by atoms with Gasteiger partial charge in [0.25, 0.3) is 0 Å². The fourth-order valence-electron chi connectivity index (χ4n) is 3.24. The molecule has 1 aliphatic rings. The van der Waals surface area contributed by atoms with Crippen molar-refractivity contribution >= 4 is 25.8 Å². The lowest BCUT2D eigenvalue weighted by Gasteiger charge is -2.35. The first-order valence-electron chi connectivity index (χ1n) is 7.95. The van der Waals surface area contributed by atoms with E-state index in [0.717, 1.165) is 12.1 Å². The minimum Gasteiger partial charge on any atom is -0.311 e. The zero-order chi connectivity index (χ0) is 18.2. The smallest absolute Gasteiger partial charge is 0.163 e. The van der Waals surface area contributed by atoms with Gasteiger partial charge >= 0.3 is 0 Å². The van der Waals surface area contributed by atoms with E-state index in [1.807, 2.05) is 6.07 Å². The standard InChI is InChI=1S/C18H18BrF2NO2S/c1-11-17(8-13-7-16(21)14(19)9-15(13)20)25(23,24)18(10-22-11)12-5-3-2-4-6-12/h2-7,9,11,17-18,22H,8,10H2,1H3/t11-,17-,18+/m1/s1. The molecule has 0 saturated carbocycles. The van der Waals surface area contributed by atoms with Gasteiger partial charge in [-0.3, -0.25) is 0 Å². The Kier molecular flexibility index (Phi) is 5.27. The molecule has 1 aliphatic heterocycles. The predicted molar refractivity (Wildman–Crippen MR) is 97.1 cm³/mol. The highest BCUT2D eigenvalue weighted by Gasteiger charge is 2.42. The summed E-state index contributed by atoms with van der Waals surface area (Å²) in [4.78, 5) is 0. The molecule has 2 aromatic carbocycles. The van der Waals surface area contributed by atoms with Crippen molar-refractivity contribution < 1.29 is 17.2 Å². The number of sulfone groups is 1. The normalized spacial score (nSPS) is 25.7. The maximum Gasteiger partial charge on any atom is 0.163 e. The second-order valence-electron chi connectivity index (χ2n) is 6.29. The van der Waals surface area contributed by atoms with Gasteiger partial charge in [0.2, 0.25) is 0 Å². The lowest BCUT2D eigenvalue weighted by atomic mass is 10.0. The van der Waals surface area contributed by atoms with E-state index < -0.39 is 32.0 Å². The van der Waals surface area contributed by atoms with Gasteiger partial charge in [0.15, 0.2) is 9.84 Å². The van der Waals surface area contributed by atoms with Crippen molar-refractivity contribution in [2.45, 2.75) is 29.9 Å². The molecule has 25 heavy (non-hydrogen) atoms. The molecule has 0 aromatic heterocycles. The van der Waals surface area contributed by atoms with Gasteiger partial charge in [0, 0.05) is 12.6 Å². The third-order valence-corrected chi connectivity index (χ3v) is 7.94. The van der Waals surface area contributed by atoms with Crippen molar-refractivity contribution in [3.05, 3.63) is 69.7 Å². The fourth-order valence-corrected chi connectivity index (χ4v) is 5.92. The summed E-state index contributed by atoms with van der Waals surface area (Å²) in [5, 5.41) is 1.67. The minimum absolute atomic E-state index is 0.0218. The fraction of sp³-hybridized carbons (Fsp3) is 0.333. The average Bonchev–Trinajstić information content (AvgIpc) is 2.56. The second kappa shape index (κ2) is 7.13. The number of rotatable bonds is 3. The molecule has 1 saturated heterocycles. The number of halogens is 3. The summed E-state index contributed by atoms with van der Waals surface area (Å²) in [6.45, 7) is 2.07. The highest BCUT2D eigenvalue weighted by molar-refractivity contribution is 9.10. The Hall–Kier alpha value is -1.31. The van der Waals surface area contributed by atoms with Gasteiger partial charge in [-0.15, -0.1) is 0 Å². The number of benzene rings is 2. The van der Waals surface area contributed by atoms with Crippen LogP contribution in [0.4, 0.5) is 8.78 Å². The Morgan fingerprint density at radius 3 is 2.52 bits per heavy atom. The zero-order valence-electron chi connectivity index (χ0n) is 13.5. The Labute approximate surface area is 154 Å². The molecule has 3 atom stereocenters. The van der Waals surface area contributed by atoms with Gasteiger partial charge in [-0.25, -0.2) is 17.2 Å². The van der Waals surface area contributed by atoms with Crippen LogP contribution < -0.4 is 5.32 Å². The highest BCUT2D eigenvalue weighted by Crippen LogP contribution is 2.33. The zero-order valence-corrected chi connectivity index (χ0v) is 15.9. The third kappa shape index (κ3) is 3.64. The lowest BCUT2D eigenvalue weighted by Crippen LogP contribution is -2.53.